The summed E-state index contributed by atoms with van der Waals surface area (Å²) in [5.74, 6) is -0.430. The van der Waals surface area contributed by atoms with Gasteiger partial charge in [-0.2, -0.15) is 0 Å². The SMILES string of the molecule is COc1ccc(CC(=O)NCCc2ccccn2)cc1F. The molecule has 0 bridgehead atoms. The van der Waals surface area contributed by atoms with E-state index in [4.69, 9.17) is 4.74 Å². The fourth-order valence-electron chi connectivity index (χ4n) is 1.94. The van der Waals surface area contributed by atoms with Crippen LogP contribution in [0.2, 0.25) is 0 Å². The molecule has 110 valence electrons. The minimum absolute atomic E-state index is 0.142. The van der Waals surface area contributed by atoms with Crippen molar-refractivity contribution in [2.75, 3.05) is 13.7 Å². The first-order valence-corrected chi connectivity index (χ1v) is 6.68. The van der Waals surface area contributed by atoms with E-state index in [1.165, 1.54) is 19.2 Å². The summed E-state index contributed by atoms with van der Waals surface area (Å²) in [4.78, 5) is 16.0. The second kappa shape index (κ2) is 7.38. The van der Waals surface area contributed by atoms with E-state index in [-0.39, 0.29) is 18.1 Å². The van der Waals surface area contributed by atoms with Gasteiger partial charge in [-0.1, -0.05) is 12.1 Å². The number of rotatable bonds is 6. The number of amides is 1. The van der Waals surface area contributed by atoms with Gasteiger partial charge in [0.1, 0.15) is 0 Å². The summed E-state index contributed by atoms with van der Waals surface area (Å²) in [7, 11) is 1.41. The molecule has 0 unspecified atom stereocenters. The van der Waals surface area contributed by atoms with E-state index >= 15 is 0 Å². The molecule has 1 aromatic carbocycles. The van der Waals surface area contributed by atoms with Crippen molar-refractivity contribution in [3.05, 3.63) is 59.7 Å². The van der Waals surface area contributed by atoms with Crippen molar-refractivity contribution >= 4 is 5.91 Å². The lowest BCUT2D eigenvalue weighted by molar-refractivity contribution is -0.120. The Morgan fingerprint density at radius 3 is 2.86 bits per heavy atom. The molecule has 4 nitrogen and oxygen atoms in total. The topological polar surface area (TPSA) is 51.2 Å². The van der Waals surface area contributed by atoms with Crippen LogP contribution in [0.1, 0.15) is 11.3 Å². The van der Waals surface area contributed by atoms with Gasteiger partial charge in [-0.3, -0.25) is 9.78 Å². The zero-order chi connectivity index (χ0) is 15.1. The second-order valence-electron chi connectivity index (χ2n) is 4.57. The van der Waals surface area contributed by atoms with E-state index in [1.54, 1.807) is 12.3 Å². The maximum absolute atomic E-state index is 13.5. The number of nitrogens with one attached hydrogen (secondary N) is 1. The van der Waals surface area contributed by atoms with E-state index in [1.807, 2.05) is 18.2 Å². The first-order valence-electron chi connectivity index (χ1n) is 6.68. The molecule has 1 aromatic heterocycles. The highest BCUT2D eigenvalue weighted by Crippen LogP contribution is 2.17. The molecular formula is C16H17FN2O2. The molecule has 0 saturated carbocycles. The Morgan fingerprint density at radius 2 is 2.19 bits per heavy atom. The third kappa shape index (κ3) is 4.56. The molecule has 0 aliphatic carbocycles. The average molecular weight is 288 g/mol. The predicted molar refractivity (Wildman–Crippen MR) is 77.6 cm³/mol. The van der Waals surface area contributed by atoms with Gasteiger partial charge in [0, 0.05) is 24.9 Å². The Kier molecular flexibility index (Phi) is 5.26. The molecule has 2 rings (SSSR count). The molecular weight excluding hydrogens is 271 g/mol. The molecule has 2 aromatic rings. The molecule has 0 saturated heterocycles. The van der Waals surface area contributed by atoms with Crippen molar-refractivity contribution in [3.8, 4) is 5.75 Å². The van der Waals surface area contributed by atoms with E-state index < -0.39 is 5.82 Å². The van der Waals surface area contributed by atoms with Crippen LogP contribution in [-0.4, -0.2) is 24.5 Å². The number of aromatic nitrogens is 1. The zero-order valence-corrected chi connectivity index (χ0v) is 11.8. The van der Waals surface area contributed by atoms with Crippen LogP contribution in [0.4, 0.5) is 4.39 Å². The van der Waals surface area contributed by atoms with Crippen LogP contribution in [0.15, 0.2) is 42.6 Å². The van der Waals surface area contributed by atoms with E-state index in [0.29, 0.717) is 18.5 Å². The first kappa shape index (κ1) is 15.0. The van der Waals surface area contributed by atoms with Gasteiger partial charge in [0.15, 0.2) is 11.6 Å². The molecule has 0 aliphatic rings. The Balaban J connectivity index is 1.80. The lowest BCUT2D eigenvalue weighted by atomic mass is 10.1. The normalized spacial score (nSPS) is 10.2. The molecule has 0 atom stereocenters. The van der Waals surface area contributed by atoms with Gasteiger partial charge in [0.2, 0.25) is 5.91 Å². The van der Waals surface area contributed by atoms with Crippen molar-refractivity contribution in [3.63, 3.8) is 0 Å². The van der Waals surface area contributed by atoms with Crippen LogP contribution in [0.25, 0.3) is 0 Å². The number of hydrogen-bond acceptors (Lipinski definition) is 3. The Labute approximate surface area is 123 Å². The van der Waals surface area contributed by atoms with Crippen LogP contribution in [0, 0.1) is 5.82 Å². The van der Waals surface area contributed by atoms with Gasteiger partial charge in [0.05, 0.1) is 13.5 Å². The van der Waals surface area contributed by atoms with Crippen LogP contribution >= 0.6 is 0 Å². The first-order chi connectivity index (χ1) is 10.2. The van der Waals surface area contributed by atoms with Crippen LogP contribution in [0.3, 0.4) is 0 Å². The average Bonchev–Trinajstić information content (AvgIpc) is 2.48. The summed E-state index contributed by atoms with van der Waals surface area (Å²) in [5.41, 5.74) is 1.54. The quantitative estimate of drug-likeness (QED) is 0.886. The summed E-state index contributed by atoms with van der Waals surface area (Å²) in [6.45, 7) is 0.508. The molecule has 1 N–H and O–H groups in total. The molecule has 0 spiro atoms. The lowest BCUT2D eigenvalue weighted by Gasteiger charge is -2.07. The van der Waals surface area contributed by atoms with Crippen molar-refractivity contribution in [1.82, 2.24) is 10.3 Å². The standard InChI is InChI=1S/C16H17FN2O2/c1-21-15-6-5-12(10-14(15)17)11-16(20)19-9-7-13-4-2-3-8-18-13/h2-6,8,10H,7,9,11H2,1H3,(H,19,20). The summed E-state index contributed by atoms with van der Waals surface area (Å²) in [6.07, 6.45) is 2.53. The van der Waals surface area contributed by atoms with E-state index in [0.717, 1.165) is 5.69 Å². The summed E-state index contributed by atoms with van der Waals surface area (Å²) >= 11 is 0. The van der Waals surface area contributed by atoms with Crippen molar-refractivity contribution < 1.29 is 13.9 Å². The maximum Gasteiger partial charge on any atom is 0.224 e. The number of pyridine rings is 1. The van der Waals surface area contributed by atoms with E-state index in [2.05, 4.69) is 10.3 Å². The Bertz CT molecular complexity index is 602. The highest BCUT2D eigenvalue weighted by molar-refractivity contribution is 5.78. The van der Waals surface area contributed by atoms with Crippen LogP contribution < -0.4 is 10.1 Å². The summed E-state index contributed by atoms with van der Waals surface area (Å²) in [6, 6.07) is 10.2. The lowest BCUT2D eigenvalue weighted by Crippen LogP contribution is -2.27. The minimum Gasteiger partial charge on any atom is -0.494 e. The molecule has 0 radical (unpaired) electrons. The second-order valence-corrected chi connectivity index (χ2v) is 4.57. The number of carbonyl (C=O) groups excluding carboxylic acids is 1. The van der Waals surface area contributed by atoms with Gasteiger partial charge in [0.25, 0.3) is 0 Å². The van der Waals surface area contributed by atoms with Gasteiger partial charge in [-0.15, -0.1) is 0 Å². The van der Waals surface area contributed by atoms with Gasteiger partial charge >= 0.3 is 0 Å². The third-order valence-corrected chi connectivity index (χ3v) is 3.01. The van der Waals surface area contributed by atoms with Crippen LogP contribution in [-0.2, 0) is 17.6 Å². The monoisotopic (exact) mass is 288 g/mol. The summed E-state index contributed by atoms with van der Waals surface area (Å²) in [5, 5.41) is 2.80. The third-order valence-electron chi connectivity index (χ3n) is 3.01. The number of hydrogen-bond donors (Lipinski definition) is 1. The molecule has 1 heterocycles. The number of halogens is 1. The van der Waals surface area contributed by atoms with E-state index in [9.17, 15) is 9.18 Å². The number of carbonyl (C=O) groups is 1. The number of benzene rings is 1. The highest BCUT2D eigenvalue weighted by atomic mass is 19.1. The summed E-state index contributed by atoms with van der Waals surface area (Å²) < 4.78 is 18.3. The molecule has 5 heteroatoms. The number of ether oxygens (including phenoxy) is 1. The van der Waals surface area contributed by atoms with Crippen LogP contribution in [0.5, 0.6) is 5.75 Å². The molecule has 21 heavy (non-hydrogen) atoms. The fraction of sp³-hybridized carbons (Fsp3) is 0.250. The molecule has 0 fully saturated rings. The van der Waals surface area contributed by atoms with Gasteiger partial charge in [-0.05, 0) is 29.8 Å². The van der Waals surface area contributed by atoms with Gasteiger partial charge < -0.3 is 10.1 Å². The van der Waals surface area contributed by atoms with Crippen molar-refractivity contribution in [1.29, 1.82) is 0 Å². The molecule has 1 amide bonds. The Hall–Kier alpha value is -2.43. The van der Waals surface area contributed by atoms with Crippen molar-refractivity contribution in [2.24, 2.45) is 0 Å². The number of methoxy groups -OCH3 is 1. The smallest absolute Gasteiger partial charge is 0.224 e. The zero-order valence-electron chi connectivity index (χ0n) is 11.8. The fourth-order valence-corrected chi connectivity index (χ4v) is 1.94. The highest BCUT2D eigenvalue weighted by Gasteiger charge is 2.07. The molecule has 0 aliphatic heterocycles. The Morgan fingerprint density at radius 1 is 1.33 bits per heavy atom. The van der Waals surface area contributed by atoms with Gasteiger partial charge in [-0.25, -0.2) is 4.39 Å². The minimum atomic E-state index is -0.462. The maximum atomic E-state index is 13.5. The predicted octanol–water partition coefficient (Wildman–Crippen LogP) is 2.13. The van der Waals surface area contributed by atoms with Crippen molar-refractivity contribution in [2.45, 2.75) is 12.8 Å². The largest absolute Gasteiger partial charge is 0.494 e. The number of nitrogens with zero attached hydrogens (tertiary/aromatic N) is 1.